The molecule has 30 heavy (non-hydrogen) atoms. The van der Waals surface area contributed by atoms with Crippen LogP contribution in [0, 0.1) is 18.7 Å². The maximum Gasteiger partial charge on any atom is 0.323 e. The van der Waals surface area contributed by atoms with Crippen molar-refractivity contribution in [1.82, 2.24) is 24.9 Å². The number of aryl methyl sites for hydroxylation is 1. The SMILES string of the molecule is Cc1nnc(C23CC(C[C@@H](C)C2)N3C(=O)Nc2ccc(Cl)c(-n3cc(F)cn3)c2)o1. The van der Waals surface area contributed by atoms with E-state index in [-0.39, 0.29) is 12.1 Å². The third kappa shape index (κ3) is 2.96. The first kappa shape index (κ1) is 19.0. The molecule has 1 N–H and O–H groups in total. The molecule has 156 valence electrons. The van der Waals surface area contributed by atoms with Crippen LogP contribution in [0.2, 0.25) is 5.02 Å². The van der Waals surface area contributed by atoms with E-state index in [1.54, 1.807) is 25.1 Å². The highest BCUT2D eigenvalue weighted by Crippen LogP contribution is 2.55. The van der Waals surface area contributed by atoms with Crippen LogP contribution in [0.5, 0.6) is 0 Å². The number of urea groups is 1. The number of fused-ring (bicyclic) bond motifs is 2. The number of amides is 2. The van der Waals surface area contributed by atoms with Gasteiger partial charge >= 0.3 is 6.03 Å². The summed E-state index contributed by atoms with van der Waals surface area (Å²) >= 11 is 6.24. The van der Waals surface area contributed by atoms with Gasteiger partial charge in [-0.3, -0.25) is 0 Å². The highest BCUT2D eigenvalue weighted by Gasteiger charge is 2.62. The normalized spacial score (nSPS) is 25.1. The molecule has 1 aromatic carbocycles. The van der Waals surface area contributed by atoms with E-state index in [0.29, 0.717) is 34.1 Å². The highest BCUT2D eigenvalue weighted by atomic mass is 35.5. The van der Waals surface area contributed by atoms with Gasteiger partial charge in [0.15, 0.2) is 5.82 Å². The Balaban J connectivity index is 1.43. The maximum absolute atomic E-state index is 13.4. The zero-order valence-electron chi connectivity index (χ0n) is 16.5. The molecule has 3 atom stereocenters. The van der Waals surface area contributed by atoms with Crippen LogP contribution < -0.4 is 5.32 Å². The van der Waals surface area contributed by atoms with Crippen LogP contribution in [0.3, 0.4) is 0 Å². The summed E-state index contributed by atoms with van der Waals surface area (Å²) in [6.45, 7) is 3.92. The van der Waals surface area contributed by atoms with Gasteiger partial charge in [0, 0.05) is 25.1 Å². The Morgan fingerprint density at radius 2 is 2.20 bits per heavy atom. The van der Waals surface area contributed by atoms with E-state index in [1.807, 2.05) is 4.90 Å². The van der Waals surface area contributed by atoms with Crippen LogP contribution in [-0.2, 0) is 5.54 Å². The minimum Gasteiger partial charge on any atom is -0.423 e. The molecular formula is C20H20ClFN6O2. The van der Waals surface area contributed by atoms with Gasteiger partial charge in [-0.15, -0.1) is 10.2 Å². The molecule has 2 amide bonds. The smallest absolute Gasteiger partial charge is 0.323 e. The molecule has 0 spiro atoms. The Labute approximate surface area is 177 Å². The molecule has 2 bridgehead atoms. The summed E-state index contributed by atoms with van der Waals surface area (Å²) in [6, 6.07) is 4.88. The third-order valence-corrected chi connectivity index (χ3v) is 6.22. The highest BCUT2D eigenvalue weighted by molar-refractivity contribution is 6.32. The monoisotopic (exact) mass is 430 g/mol. The summed E-state index contributed by atoms with van der Waals surface area (Å²) in [5, 5.41) is 15.5. The van der Waals surface area contributed by atoms with E-state index in [4.69, 9.17) is 16.0 Å². The van der Waals surface area contributed by atoms with E-state index >= 15 is 0 Å². The number of piperidine rings is 1. The largest absolute Gasteiger partial charge is 0.423 e. The number of hydrogen-bond donors (Lipinski definition) is 1. The standard InChI is InChI=1S/C20H20ClFN6O2/c1-11-5-15-8-20(7-11,18-26-25-12(2)30-18)28(15)19(29)24-14-3-4-16(21)17(6-14)27-10-13(22)9-23-27/h3-4,6,9-11,15H,5,7-8H2,1-2H3,(H,24,29)/t11-,15?,20?/m1/s1. The first-order valence-corrected chi connectivity index (χ1v) is 10.1. The lowest BCUT2D eigenvalue weighted by atomic mass is 9.64. The second-order valence-electron chi connectivity index (χ2n) is 8.13. The lowest BCUT2D eigenvalue weighted by molar-refractivity contribution is -0.110. The minimum absolute atomic E-state index is 0.118. The molecule has 1 aliphatic carbocycles. The second-order valence-corrected chi connectivity index (χ2v) is 8.54. The fraction of sp³-hybridized carbons (Fsp3) is 0.400. The van der Waals surface area contributed by atoms with Crippen LogP contribution in [0.25, 0.3) is 5.69 Å². The molecular weight excluding hydrogens is 411 g/mol. The van der Waals surface area contributed by atoms with E-state index in [2.05, 4.69) is 27.5 Å². The minimum atomic E-state index is -0.575. The Morgan fingerprint density at radius 1 is 1.37 bits per heavy atom. The summed E-state index contributed by atoms with van der Waals surface area (Å²) < 4.78 is 20.4. The van der Waals surface area contributed by atoms with E-state index in [0.717, 1.165) is 25.5 Å². The molecule has 10 heteroatoms. The first-order chi connectivity index (χ1) is 14.4. The maximum atomic E-state index is 13.4. The number of hydrogen-bond acceptors (Lipinski definition) is 5. The van der Waals surface area contributed by atoms with Gasteiger partial charge in [0.1, 0.15) is 5.54 Å². The van der Waals surface area contributed by atoms with Crippen LogP contribution in [0.4, 0.5) is 14.9 Å². The number of nitrogens with one attached hydrogen (secondary N) is 1. The fourth-order valence-electron chi connectivity index (χ4n) is 4.82. The fourth-order valence-corrected chi connectivity index (χ4v) is 5.02. The number of likely N-dealkylation sites (tertiary alicyclic amines) is 1. The van der Waals surface area contributed by atoms with Gasteiger partial charge in [-0.2, -0.15) is 5.10 Å². The Morgan fingerprint density at radius 3 is 2.90 bits per heavy atom. The third-order valence-electron chi connectivity index (χ3n) is 5.90. The number of carbonyl (C=O) groups is 1. The Kier molecular flexibility index (Phi) is 4.32. The van der Waals surface area contributed by atoms with Crippen molar-refractivity contribution in [3.63, 3.8) is 0 Å². The molecule has 1 saturated heterocycles. The number of rotatable bonds is 3. The van der Waals surface area contributed by atoms with Crippen LogP contribution in [0.1, 0.15) is 38.0 Å². The average molecular weight is 431 g/mol. The summed E-state index contributed by atoms with van der Waals surface area (Å²) in [5.74, 6) is 0.952. The number of aromatic nitrogens is 4. The van der Waals surface area contributed by atoms with Crippen molar-refractivity contribution in [2.75, 3.05) is 5.32 Å². The lowest BCUT2D eigenvalue weighted by Crippen LogP contribution is -2.70. The second kappa shape index (κ2) is 6.80. The molecule has 2 unspecified atom stereocenters. The molecule has 1 saturated carbocycles. The molecule has 0 radical (unpaired) electrons. The number of anilines is 1. The van der Waals surface area contributed by atoms with Gasteiger partial charge in [-0.1, -0.05) is 18.5 Å². The van der Waals surface area contributed by atoms with Gasteiger partial charge in [0.05, 0.1) is 23.1 Å². The van der Waals surface area contributed by atoms with Gasteiger partial charge in [0.2, 0.25) is 11.8 Å². The topological polar surface area (TPSA) is 89.1 Å². The summed E-state index contributed by atoms with van der Waals surface area (Å²) in [5.41, 5.74) is 0.428. The van der Waals surface area contributed by atoms with Crippen LogP contribution in [-0.4, -0.2) is 37.0 Å². The van der Waals surface area contributed by atoms with Crippen LogP contribution >= 0.6 is 11.6 Å². The van der Waals surface area contributed by atoms with Crippen molar-refractivity contribution >= 4 is 23.3 Å². The van der Waals surface area contributed by atoms with E-state index in [1.165, 1.54) is 10.9 Å². The molecule has 2 fully saturated rings. The average Bonchev–Trinajstić information content (AvgIpc) is 3.31. The van der Waals surface area contributed by atoms with Gasteiger partial charge in [-0.05, 0) is 37.0 Å². The Hall–Kier alpha value is -2.94. The predicted molar refractivity (Wildman–Crippen MR) is 107 cm³/mol. The number of nitrogens with zero attached hydrogens (tertiary/aromatic N) is 5. The predicted octanol–water partition coefficient (Wildman–Crippen LogP) is 4.29. The zero-order chi connectivity index (χ0) is 21.0. The van der Waals surface area contributed by atoms with Crippen molar-refractivity contribution in [3.05, 3.63) is 53.2 Å². The van der Waals surface area contributed by atoms with Crippen molar-refractivity contribution < 1.29 is 13.6 Å². The lowest BCUT2D eigenvalue weighted by Gasteiger charge is -2.61. The van der Waals surface area contributed by atoms with Gasteiger partial charge in [0.25, 0.3) is 0 Å². The van der Waals surface area contributed by atoms with Crippen molar-refractivity contribution in [1.29, 1.82) is 0 Å². The van der Waals surface area contributed by atoms with E-state index in [9.17, 15) is 9.18 Å². The number of halogens is 2. The van der Waals surface area contributed by atoms with Gasteiger partial charge in [-0.25, -0.2) is 13.9 Å². The van der Waals surface area contributed by atoms with E-state index < -0.39 is 11.4 Å². The molecule has 8 nitrogen and oxygen atoms in total. The quantitative estimate of drug-likeness (QED) is 0.669. The molecule has 2 aliphatic rings. The van der Waals surface area contributed by atoms with Crippen LogP contribution in [0.15, 0.2) is 35.0 Å². The van der Waals surface area contributed by atoms with Crippen molar-refractivity contribution in [2.45, 2.75) is 44.7 Å². The zero-order valence-corrected chi connectivity index (χ0v) is 17.2. The molecule has 2 aromatic heterocycles. The molecule has 3 aromatic rings. The van der Waals surface area contributed by atoms with Gasteiger partial charge < -0.3 is 14.6 Å². The number of carbonyl (C=O) groups excluding carboxylic acids is 1. The summed E-state index contributed by atoms with van der Waals surface area (Å²) in [7, 11) is 0. The summed E-state index contributed by atoms with van der Waals surface area (Å²) in [6.07, 6.45) is 4.84. The number of benzene rings is 1. The summed E-state index contributed by atoms with van der Waals surface area (Å²) in [4.78, 5) is 15.1. The first-order valence-electron chi connectivity index (χ1n) is 9.77. The van der Waals surface area contributed by atoms with Crippen molar-refractivity contribution in [3.8, 4) is 5.69 Å². The Bertz CT molecular complexity index is 1130. The molecule has 1 aliphatic heterocycles. The molecule has 5 rings (SSSR count). The molecule has 3 heterocycles. The van der Waals surface area contributed by atoms with Crippen molar-refractivity contribution in [2.24, 2.45) is 5.92 Å².